The Kier molecular flexibility index (Phi) is 5.23. The quantitative estimate of drug-likeness (QED) is 0.746. The summed E-state index contributed by atoms with van der Waals surface area (Å²) in [6.45, 7) is 2.48. The summed E-state index contributed by atoms with van der Waals surface area (Å²) in [6.07, 6.45) is 1.71. The van der Waals surface area contributed by atoms with Crippen LogP contribution < -0.4 is 9.47 Å². The number of hydrogen-bond donors (Lipinski definition) is 0. The Morgan fingerprint density at radius 2 is 1.81 bits per heavy atom. The lowest BCUT2D eigenvalue weighted by molar-refractivity contribution is 0.111. The molecule has 0 aliphatic rings. The Balaban J connectivity index is 2.20. The molecule has 2 rings (SSSR count). The van der Waals surface area contributed by atoms with Crippen molar-refractivity contribution in [1.82, 2.24) is 0 Å². The van der Waals surface area contributed by atoms with Crippen molar-refractivity contribution in [2.24, 2.45) is 0 Å². The lowest BCUT2D eigenvalue weighted by atomic mass is 10.1. The number of halogens is 1. The molecule has 4 heteroatoms. The number of carbonyl (C=O) groups excluding carboxylic acids is 1. The maximum Gasteiger partial charge on any atom is 0.172 e. The molecule has 0 aliphatic carbocycles. The number of methoxy groups -OCH3 is 1. The van der Waals surface area contributed by atoms with Crippen LogP contribution in [-0.4, -0.2) is 13.4 Å². The maximum absolute atomic E-state index is 11.1. The summed E-state index contributed by atoms with van der Waals surface area (Å²) >= 11 is 5.94. The van der Waals surface area contributed by atoms with Crippen LogP contribution in [0.3, 0.4) is 0 Å². The van der Waals surface area contributed by atoms with Gasteiger partial charge in [-0.1, -0.05) is 42.8 Å². The van der Waals surface area contributed by atoms with Crippen LogP contribution in [0.15, 0.2) is 36.4 Å². The standard InChI is InChI=1S/C17H17ClO3/c1-3-12-4-6-13(7-5-12)11-21-17-14(10-19)8-15(18)9-16(17)20-2/h4-10H,3,11H2,1-2H3. The van der Waals surface area contributed by atoms with Crippen LogP contribution >= 0.6 is 11.6 Å². The van der Waals surface area contributed by atoms with Crippen molar-refractivity contribution in [3.05, 3.63) is 58.1 Å². The molecule has 0 spiro atoms. The van der Waals surface area contributed by atoms with Crippen LogP contribution in [0.1, 0.15) is 28.4 Å². The summed E-state index contributed by atoms with van der Waals surface area (Å²) in [5.41, 5.74) is 2.68. The zero-order valence-corrected chi connectivity index (χ0v) is 12.8. The van der Waals surface area contributed by atoms with Crippen LogP contribution in [0.25, 0.3) is 0 Å². The summed E-state index contributed by atoms with van der Waals surface area (Å²) < 4.78 is 11.0. The molecule has 0 saturated heterocycles. The molecule has 0 bridgehead atoms. The number of rotatable bonds is 6. The summed E-state index contributed by atoms with van der Waals surface area (Å²) in [5.74, 6) is 0.867. The number of aryl methyl sites for hydroxylation is 1. The zero-order valence-electron chi connectivity index (χ0n) is 12.1. The second kappa shape index (κ2) is 7.14. The van der Waals surface area contributed by atoms with Gasteiger partial charge in [-0.15, -0.1) is 0 Å². The summed E-state index contributed by atoms with van der Waals surface area (Å²) in [5, 5.41) is 0.439. The van der Waals surface area contributed by atoms with Crippen molar-refractivity contribution in [2.45, 2.75) is 20.0 Å². The highest BCUT2D eigenvalue weighted by Crippen LogP contribution is 2.34. The van der Waals surface area contributed by atoms with Gasteiger partial charge in [-0.25, -0.2) is 0 Å². The molecule has 2 aromatic carbocycles. The molecule has 0 N–H and O–H groups in total. The predicted molar refractivity (Wildman–Crippen MR) is 83.5 cm³/mol. The molecule has 2 aromatic rings. The van der Waals surface area contributed by atoms with Crippen molar-refractivity contribution < 1.29 is 14.3 Å². The van der Waals surface area contributed by atoms with E-state index >= 15 is 0 Å². The minimum absolute atomic E-state index is 0.364. The second-order valence-electron chi connectivity index (χ2n) is 4.60. The molecule has 0 saturated carbocycles. The SMILES string of the molecule is CCc1ccc(COc2c(C=O)cc(Cl)cc2OC)cc1. The third kappa shape index (κ3) is 3.76. The van der Waals surface area contributed by atoms with Crippen LogP contribution in [0.4, 0.5) is 0 Å². The van der Waals surface area contributed by atoms with Gasteiger partial charge in [0.05, 0.1) is 12.7 Å². The van der Waals surface area contributed by atoms with Crippen LogP contribution in [0.2, 0.25) is 5.02 Å². The normalized spacial score (nSPS) is 10.2. The third-order valence-electron chi connectivity index (χ3n) is 3.21. The number of ether oxygens (including phenoxy) is 2. The lowest BCUT2D eigenvalue weighted by Gasteiger charge is -2.13. The van der Waals surface area contributed by atoms with Gasteiger partial charge in [0.15, 0.2) is 17.8 Å². The first-order valence-corrected chi connectivity index (χ1v) is 7.09. The number of carbonyl (C=O) groups is 1. The largest absolute Gasteiger partial charge is 0.493 e. The highest BCUT2D eigenvalue weighted by molar-refractivity contribution is 6.31. The van der Waals surface area contributed by atoms with Crippen molar-refractivity contribution >= 4 is 17.9 Å². The molecule has 0 unspecified atom stereocenters. The smallest absolute Gasteiger partial charge is 0.172 e. The first-order valence-electron chi connectivity index (χ1n) is 6.71. The van der Waals surface area contributed by atoms with Gasteiger partial charge in [-0.05, 0) is 23.6 Å². The maximum atomic E-state index is 11.1. The van der Waals surface area contributed by atoms with E-state index in [0.717, 1.165) is 12.0 Å². The van der Waals surface area contributed by atoms with Crippen LogP contribution in [0.5, 0.6) is 11.5 Å². The third-order valence-corrected chi connectivity index (χ3v) is 3.43. The fraction of sp³-hybridized carbons (Fsp3) is 0.235. The molecular weight excluding hydrogens is 288 g/mol. The van der Waals surface area contributed by atoms with E-state index in [2.05, 4.69) is 19.1 Å². The molecule has 0 aliphatic heterocycles. The topological polar surface area (TPSA) is 35.5 Å². The first kappa shape index (κ1) is 15.4. The number of benzene rings is 2. The molecule has 0 amide bonds. The Bertz CT molecular complexity index is 621. The van der Waals surface area contributed by atoms with Crippen LogP contribution in [0, 0.1) is 0 Å². The molecule has 0 heterocycles. The van der Waals surface area contributed by atoms with Gasteiger partial charge in [0.25, 0.3) is 0 Å². The van der Waals surface area contributed by atoms with E-state index in [9.17, 15) is 4.79 Å². The van der Waals surface area contributed by atoms with Gasteiger partial charge < -0.3 is 9.47 Å². The monoisotopic (exact) mass is 304 g/mol. The first-order chi connectivity index (χ1) is 10.2. The zero-order chi connectivity index (χ0) is 15.2. The van der Waals surface area contributed by atoms with Gasteiger partial charge in [0.1, 0.15) is 6.61 Å². The Morgan fingerprint density at radius 1 is 1.14 bits per heavy atom. The van der Waals surface area contributed by atoms with Crippen molar-refractivity contribution in [3.8, 4) is 11.5 Å². The Hall–Kier alpha value is -2.00. The van der Waals surface area contributed by atoms with Crippen molar-refractivity contribution in [1.29, 1.82) is 0 Å². The van der Waals surface area contributed by atoms with Crippen molar-refractivity contribution in [3.63, 3.8) is 0 Å². The molecule has 110 valence electrons. The van der Waals surface area contributed by atoms with E-state index in [4.69, 9.17) is 21.1 Å². The Morgan fingerprint density at radius 3 is 2.38 bits per heavy atom. The Labute approximate surface area is 129 Å². The average Bonchev–Trinajstić information content (AvgIpc) is 2.53. The molecular formula is C17H17ClO3. The van der Waals surface area contributed by atoms with Gasteiger partial charge in [0, 0.05) is 11.1 Å². The van der Waals surface area contributed by atoms with E-state index in [1.54, 1.807) is 12.1 Å². The van der Waals surface area contributed by atoms with Gasteiger partial charge in [-0.3, -0.25) is 4.79 Å². The second-order valence-corrected chi connectivity index (χ2v) is 5.04. The fourth-order valence-electron chi connectivity index (χ4n) is 2.01. The molecule has 0 radical (unpaired) electrons. The van der Waals surface area contributed by atoms with E-state index < -0.39 is 0 Å². The van der Waals surface area contributed by atoms with E-state index in [1.807, 2.05) is 12.1 Å². The van der Waals surface area contributed by atoms with Gasteiger partial charge in [-0.2, -0.15) is 0 Å². The fourth-order valence-corrected chi connectivity index (χ4v) is 2.23. The molecule has 0 atom stereocenters. The molecule has 0 aromatic heterocycles. The highest BCUT2D eigenvalue weighted by atomic mass is 35.5. The van der Waals surface area contributed by atoms with Crippen LogP contribution in [-0.2, 0) is 13.0 Å². The molecule has 21 heavy (non-hydrogen) atoms. The van der Waals surface area contributed by atoms with Gasteiger partial charge >= 0.3 is 0 Å². The minimum atomic E-state index is 0.364. The predicted octanol–water partition coefficient (Wildman–Crippen LogP) is 4.30. The van der Waals surface area contributed by atoms with Gasteiger partial charge in [0.2, 0.25) is 0 Å². The summed E-state index contributed by atoms with van der Waals surface area (Å²) in [7, 11) is 1.52. The summed E-state index contributed by atoms with van der Waals surface area (Å²) in [4.78, 5) is 11.1. The average molecular weight is 305 g/mol. The van der Waals surface area contributed by atoms with Crippen molar-refractivity contribution in [2.75, 3.05) is 7.11 Å². The molecule has 0 fully saturated rings. The highest BCUT2D eigenvalue weighted by Gasteiger charge is 2.12. The molecule has 3 nitrogen and oxygen atoms in total. The number of aldehydes is 1. The summed E-state index contributed by atoms with van der Waals surface area (Å²) in [6, 6.07) is 11.4. The minimum Gasteiger partial charge on any atom is -0.493 e. The van der Waals surface area contributed by atoms with E-state index in [0.29, 0.717) is 35.0 Å². The lowest BCUT2D eigenvalue weighted by Crippen LogP contribution is -2.01. The number of hydrogen-bond acceptors (Lipinski definition) is 3. The van der Waals surface area contributed by atoms with E-state index in [-0.39, 0.29) is 0 Å². The van der Waals surface area contributed by atoms with E-state index in [1.165, 1.54) is 12.7 Å².